The molecule has 0 spiro atoms. The third-order valence-corrected chi connectivity index (χ3v) is 4.98. The van der Waals surface area contributed by atoms with Crippen LogP contribution in [0.15, 0.2) is 0 Å². The van der Waals surface area contributed by atoms with Crippen LogP contribution in [0.25, 0.3) is 0 Å². The van der Waals surface area contributed by atoms with Gasteiger partial charge in [0.2, 0.25) is 0 Å². The molecular formula is C22H44O6. The van der Waals surface area contributed by atoms with E-state index in [0.717, 1.165) is 51.4 Å². The lowest BCUT2D eigenvalue weighted by molar-refractivity contribution is -0.322. The molecule has 1 aliphatic rings. The third kappa shape index (κ3) is 9.06. The lowest BCUT2D eigenvalue weighted by atomic mass is 9.98. The largest absolute Gasteiger partial charge is 0.394 e. The van der Waals surface area contributed by atoms with Crippen LogP contribution in [-0.4, -0.2) is 68.8 Å². The molecule has 1 N–H and O–H groups in total. The summed E-state index contributed by atoms with van der Waals surface area (Å²) in [6.07, 6.45) is 6.08. The van der Waals surface area contributed by atoms with Gasteiger partial charge in [0.25, 0.3) is 0 Å². The molecule has 1 unspecified atom stereocenters. The van der Waals surface area contributed by atoms with Gasteiger partial charge in [0.05, 0.1) is 6.61 Å². The molecule has 6 heteroatoms. The zero-order valence-corrected chi connectivity index (χ0v) is 18.6. The van der Waals surface area contributed by atoms with Crippen molar-refractivity contribution in [3.8, 4) is 0 Å². The molecule has 1 heterocycles. The first-order chi connectivity index (χ1) is 13.7. The van der Waals surface area contributed by atoms with Crippen molar-refractivity contribution >= 4 is 0 Å². The maximum Gasteiger partial charge on any atom is 0.186 e. The Morgan fingerprint density at radius 3 is 1.50 bits per heavy atom. The number of unbranched alkanes of at least 4 members (excludes halogenated alkanes) is 4. The van der Waals surface area contributed by atoms with Crippen LogP contribution >= 0.6 is 0 Å². The summed E-state index contributed by atoms with van der Waals surface area (Å²) in [5, 5.41) is 9.94. The van der Waals surface area contributed by atoms with E-state index in [1.807, 2.05) is 0 Å². The standard InChI is InChI=1S/C22H44O6/c1-5-9-13-24-19-18(17-23)28-22(27-16-12-8-4)21(26-15-11-7-3)20(19)25-14-10-6-2/h18-23H,5-17H2,1-4H3/t18-,19-,20+,21-,22?/m1/s1. The second kappa shape index (κ2) is 16.5. The molecule has 1 aliphatic heterocycles. The number of hydrogen-bond acceptors (Lipinski definition) is 6. The summed E-state index contributed by atoms with van der Waals surface area (Å²) in [6.45, 7) is 10.9. The predicted octanol–water partition coefficient (Wildman–Crippen LogP) is 4.08. The Labute approximate surface area is 172 Å². The number of ether oxygens (including phenoxy) is 5. The molecule has 1 rings (SSSR count). The van der Waals surface area contributed by atoms with E-state index in [-0.39, 0.29) is 24.9 Å². The summed E-state index contributed by atoms with van der Waals surface area (Å²) >= 11 is 0. The topological polar surface area (TPSA) is 66.4 Å². The molecule has 6 nitrogen and oxygen atoms in total. The van der Waals surface area contributed by atoms with E-state index < -0.39 is 12.4 Å². The van der Waals surface area contributed by atoms with Gasteiger partial charge in [-0.25, -0.2) is 0 Å². The fraction of sp³-hybridized carbons (Fsp3) is 1.00. The van der Waals surface area contributed by atoms with E-state index in [4.69, 9.17) is 23.7 Å². The van der Waals surface area contributed by atoms with E-state index in [1.165, 1.54) is 0 Å². The van der Waals surface area contributed by atoms with Crippen molar-refractivity contribution in [3.05, 3.63) is 0 Å². The summed E-state index contributed by atoms with van der Waals surface area (Å²) in [4.78, 5) is 0. The Hall–Kier alpha value is -0.240. The maximum atomic E-state index is 9.94. The van der Waals surface area contributed by atoms with Gasteiger partial charge in [-0.15, -0.1) is 0 Å². The molecule has 0 aromatic carbocycles. The number of rotatable bonds is 17. The minimum atomic E-state index is -0.543. The van der Waals surface area contributed by atoms with Crippen LogP contribution < -0.4 is 0 Å². The molecule has 28 heavy (non-hydrogen) atoms. The SMILES string of the molecule is CCCCOC1O[C@H](CO)[C@@H](OCCCC)[C@H](OCCCC)[C@H]1OCCCC. The van der Waals surface area contributed by atoms with Crippen molar-refractivity contribution in [2.75, 3.05) is 33.0 Å². The normalized spacial score (nSPS) is 28.0. The van der Waals surface area contributed by atoms with Gasteiger partial charge >= 0.3 is 0 Å². The molecule has 0 aromatic heterocycles. The Kier molecular flexibility index (Phi) is 15.2. The first-order valence-corrected chi connectivity index (χ1v) is 11.5. The van der Waals surface area contributed by atoms with E-state index in [2.05, 4.69) is 27.7 Å². The van der Waals surface area contributed by atoms with E-state index in [9.17, 15) is 5.11 Å². The number of hydrogen-bond donors (Lipinski definition) is 1. The fourth-order valence-corrected chi connectivity index (χ4v) is 3.16. The van der Waals surface area contributed by atoms with E-state index in [0.29, 0.717) is 26.4 Å². The van der Waals surface area contributed by atoms with Crippen LogP contribution in [0.4, 0.5) is 0 Å². The number of aliphatic hydroxyl groups is 1. The Bertz CT molecular complexity index is 354. The molecule has 0 bridgehead atoms. The average molecular weight is 405 g/mol. The number of aliphatic hydroxyl groups excluding tert-OH is 1. The molecule has 168 valence electrons. The van der Waals surface area contributed by atoms with Gasteiger partial charge in [-0.2, -0.15) is 0 Å². The van der Waals surface area contributed by atoms with Crippen LogP contribution in [0.5, 0.6) is 0 Å². The highest BCUT2D eigenvalue weighted by molar-refractivity contribution is 4.93. The van der Waals surface area contributed by atoms with Crippen LogP contribution in [0.2, 0.25) is 0 Å². The predicted molar refractivity (Wildman–Crippen MR) is 111 cm³/mol. The summed E-state index contributed by atoms with van der Waals surface area (Å²) in [5.74, 6) is 0. The highest BCUT2D eigenvalue weighted by atomic mass is 16.7. The van der Waals surface area contributed by atoms with Crippen molar-refractivity contribution in [3.63, 3.8) is 0 Å². The van der Waals surface area contributed by atoms with Crippen LogP contribution in [0.1, 0.15) is 79.1 Å². The molecule has 1 fully saturated rings. The maximum absolute atomic E-state index is 9.94. The minimum Gasteiger partial charge on any atom is -0.394 e. The van der Waals surface area contributed by atoms with Crippen LogP contribution in [0.3, 0.4) is 0 Å². The molecule has 0 aromatic rings. The molecule has 0 aliphatic carbocycles. The quantitative estimate of drug-likeness (QED) is 0.369. The van der Waals surface area contributed by atoms with E-state index >= 15 is 0 Å². The smallest absolute Gasteiger partial charge is 0.186 e. The summed E-state index contributed by atoms with van der Waals surface area (Å²) in [7, 11) is 0. The zero-order chi connectivity index (χ0) is 20.6. The molecule has 5 atom stereocenters. The van der Waals surface area contributed by atoms with Gasteiger partial charge < -0.3 is 28.8 Å². The van der Waals surface area contributed by atoms with Gasteiger partial charge in [-0.05, 0) is 25.7 Å². The summed E-state index contributed by atoms with van der Waals surface area (Å²) < 4.78 is 30.7. The van der Waals surface area contributed by atoms with Crippen LogP contribution in [0, 0.1) is 0 Å². The van der Waals surface area contributed by atoms with Crippen molar-refractivity contribution < 1.29 is 28.8 Å². The van der Waals surface area contributed by atoms with Crippen molar-refractivity contribution in [1.82, 2.24) is 0 Å². The lowest BCUT2D eigenvalue weighted by Gasteiger charge is -2.45. The Morgan fingerprint density at radius 2 is 1.04 bits per heavy atom. The average Bonchev–Trinajstić information content (AvgIpc) is 2.70. The van der Waals surface area contributed by atoms with E-state index in [1.54, 1.807) is 0 Å². The highest BCUT2D eigenvalue weighted by Crippen LogP contribution is 2.29. The molecule has 0 amide bonds. The second-order valence-electron chi connectivity index (χ2n) is 7.52. The Balaban J connectivity index is 2.94. The monoisotopic (exact) mass is 404 g/mol. The molecular weight excluding hydrogens is 360 g/mol. The zero-order valence-electron chi connectivity index (χ0n) is 18.6. The first kappa shape index (κ1) is 25.8. The van der Waals surface area contributed by atoms with Gasteiger partial charge in [0, 0.05) is 26.4 Å². The molecule has 0 radical (unpaired) electrons. The van der Waals surface area contributed by atoms with Gasteiger partial charge in [-0.3, -0.25) is 0 Å². The summed E-state index contributed by atoms with van der Waals surface area (Å²) in [5.41, 5.74) is 0. The van der Waals surface area contributed by atoms with Gasteiger partial charge in [0.15, 0.2) is 6.29 Å². The van der Waals surface area contributed by atoms with Crippen molar-refractivity contribution in [2.24, 2.45) is 0 Å². The second-order valence-corrected chi connectivity index (χ2v) is 7.52. The van der Waals surface area contributed by atoms with Gasteiger partial charge in [0.1, 0.15) is 24.4 Å². The highest BCUT2D eigenvalue weighted by Gasteiger charge is 2.48. The fourth-order valence-electron chi connectivity index (χ4n) is 3.16. The van der Waals surface area contributed by atoms with Crippen LogP contribution in [-0.2, 0) is 23.7 Å². The first-order valence-electron chi connectivity index (χ1n) is 11.5. The summed E-state index contributed by atoms with van der Waals surface area (Å²) in [6, 6.07) is 0. The molecule has 0 saturated carbocycles. The van der Waals surface area contributed by atoms with Crippen molar-refractivity contribution in [1.29, 1.82) is 0 Å². The van der Waals surface area contributed by atoms with Crippen molar-refractivity contribution in [2.45, 2.75) is 110 Å². The lowest BCUT2D eigenvalue weighted by Crippen LogP contribution is -2.62. The third-order valence-electron chi connectivity index (χ3n) is 4.98. The minimum absolute atomic E-state index is 0.125. The Morgan fingerprint density at radius 1 is 0.607 bits per heavy atom. The molecule has 1 saturated heterocycles. The van der Waals surface area contributed by atoms with Gasteiger partial charge in [-0.1, -0.05) is 53.4 Å².